The molecule has 2 atom stereocenters. The first kappa shape index (κ1) is 21.1. The molecule has 3 aromatic rings. The normalized spacial score (nSPS) is 18.8. The van der Waals surface area contributed by atoms with Crippen molar-refractivity contribution in [1.82, 2.24) is 14.8 Å². The topological polar surface area (TPSA) is 70.6 Å². The molecule has 0 saturated carbocycles. The van der Waals surface area contributed by atoms with Crippen molar-refractivity contribution < 1.29 is 14.4 Å². The lowest BCUT2D eigenvalue weighted by Gasteiger charge is -2.39. The summed E-state index contributed by atoms with van der Waals surface area (Å²) in [4.78, 5) is 47.9. The zero-order valence-electron chi connectivity index (χ0n) is 18.3. The summed E-state index contributed by atoms with van der Waals surface area (Å²) in [5, 5.41) is 0. The first-order chi connectivity index (χ1) is 16.1. The van der Waals surface area contributed by atoms with Crippen LogP contribution in [0.4, 0.5) is 0 Å². The highest BCUT2D eigenvalue weighted by Crippen LogP contribution is 2.33. The van der Waals surface area contributed by atoms with Crippen molar-refractivity contribution in [1.29, 1.82) is 0 Å². The van der Waals surface area contributed by atoms with Crippen LogP contribution < -0.4 is 0 Å². The summed E-state index contributed by atoms with van der Waals surface area (Å²) >= 11 is 0. The van der Waals surface area contributed by atoms with E-state index in [0.717, 1.165) is 30.4 Å². The molecule has 0 bridgehead atoms. The van der Waals surface area contributed by atoms with Gasteiger partial charge in [0.1, 0.15) is 6.04 Å². The fraction of sp³-hybridized carbons (Fsp3) is 0.259. The Kier molecular flexibility index (Phi) is 5.73. The minimum Gasteiger partial charge on any atom is -0.334 e. The number of aromatic nitrogens is 1. The van der Waals surface area contributed by atoms with Gasteiger partial charge in [-0.1, -0.05) is 48.5 Å². The van der Waals surface area contributed by atoms with Crippen LogP contribution in [0.3, 0.4) is 0 Å². The summed E-state index contributed by atoms with van der Waals surface area (Å²) in [6, 6.07) is 19.2. The van der Waals surface area contributed by atoms with E-state index in [1.54, 1.807) is 36.7 Å². The Bertz CT molecular complexity index is 1140. The lowest BCUT2D eigenvalue weighted by molar-refractivity contribution is -0.139. The molecule has 1 aromatic heterocycles. The van der Waals surface area contributed by atoms with Crippen LogP contribution in [0.5, 0.6) is 0 Å². The number of amides is 3. The Morgan fingerprint density at radius 3 is 2.27 bits per heavy atom. The number of carbonyl (C=O) groups excluding carboxylic acids is 3. The molecule has 6 heteroatoms. The largest absolute Gasteiger partial charge is 0.334 e. The number of piperidine rings is 1. The maximum absolute atomic E-state index is 14.1. The highest BCUT2D eigenvalue weighted by molar-refractivity contribution is 6.22. The first-order valence-electron chi connectivity index (χ1n) is 11.4. The van der Waals surface area contributed by atoms with Gasteiger partial charge in [0.2, 0.25) is 5.91 Å². The van der Waals surface area contributed by atoms with E-state index in [-0.39, 0.29) is 18.4 Å². The van der Waals surface area contributed by atoms with Crippen LogP contribution in [0.2, 0.25) is 0 Å². The fourth-order valence-electron chi connectivity index (χ4n) is 4.92. The van der Waals surface area contributed by atoms with Crippen molar-refractivity contribution >= 4 is 17.7 Å². The number of hydrogen-bond donors (Lipinski definition) is 0. The van der Waals surface area contributed by atoms with Gasteiger partial charge in [0, 0.05) is 25.4 Å². The average Bonchev–Trinajstić information content (AvgIpc) is 3.13. The molecule has 2 aliphatic rings. The molecule has 6 nitrogen and oxygen atoms in total. The van der Waals surface area contributed by atoms with Gasteiger partial charge in [-0.2, -0.15) is 0 Å². The molecule has 3 heterocycles. The van der Waals surface area contributed by atoms with Crippen molar-refractivity contribution in [2.45, 2.75) is 37.8 Å². The third-order valence-corrected chi connectivity index (χ3v) is 6.55. The zero-order chi connectivity index (χ0) is 22.8. The number of likely N-dealkylation sites (tertiary alicyclic amines) is 1. The zero-order valence-corrected chi connectivity index (χ0v) is 18.3. The van der Waals surface area contributed by atoms with E-state index < -0.39 is 17.9 Å². The van der Waals surface area contributed by atoms with E-state index in [1.165, 1.54) is 4.90 Å². The minimum absolute atomic E-state index is 0.117. The summed E-state index contributed by atoms with van der Waals surface area (Å²) in [7, 11) is 0. The van der Waals surface area contributed by atoms with E-state index in [4.69, 9.17) is 0 Å². The maximum atomic E-state index is 14.1. The second-order valence-electron chi connectivity index (χ2n) is 8.56. The summed E-state index contributed by atoms with van der Waals surface area (Å²) in [5.41, 5.74) is 2.60. The highest BCUT2D eigenvalue weighted by atomic mass is 16.2. The van der Waals surface area contributed by atoms with Gasteiger partial charge in [-0.3, -0.25) is 24.3 Å². The Hall–Kier alpha value is -3.80. The standard InChI is InChI=1S/C27H25N3O3/c31-25-21-12-4-5-13-22(21)26(32)30(25)24(17-19-9-2-1-3-10-19)27(33)29-16-7-6-14-23(29)20-11-8-15-28-18-20/h1-5,8-13,15,18,23-24H,6-7,14,16-17H2/t23?,24-/m0/s1. The van der Waals surface area contributed by atoms with Crippen LogP contribution in [0.25, 0.3) is 0 Å². The molecule has 0 spiro atoms. The van der Waals surface area contributed by atoms with Gasteiger partial charge in [0.15, 0.2) is 0 Å². The first-order valence-corrected chi connectivity index (χ1v) is 11.4. The van der Waals surface area contributed by atoms with Crippen molar-refractivity contribution in [2.24, 2.45) is 0 Å². The third kappa shape index (κ3) is 3.93. The number of rotatable bonds is 5. The molecule has 0 N–H and O–H groups in total. The van der Waals surface area contributed by atoms with Gasteiger partial charge in [-0.05, 0) is 48.6 Å². The molecular formula is C27H25N3O3. The number of nitrogens with zero attached hydrogens (tertiary/aromatic N) is 3. The van der Waals surface area contributed by atoms with E-state index >= 15 is 0 Å². The number of benzene rings is 2. The lowest BCUT2D eigenvalue weighted by Crippen LogP contribution is -2.53. The Morgan fingerprint density at radius 1 is 0.909 bits per heavy atom. The predicted octanol–water partition coefficient (Wildman–Crippen LogP) is 4.04. The van der Waals surface area contributed by atoms with Crippen LogP contribution >= 0.6 is 0 Å². The molecule has 166 valence electrons. The number of fused-ring (bicyclic) bond motifs is 1. The molecule has 0 aliphatic carbocycles. The quantitative estimate of drug-likeness (QED) is 0.563. The van der Waals surface area contributed by atoms with E-state index in [2.05, 4.69) is 4.98 Å². The van der Waals surface area contributed by atoms with Gasteiger partial charge in [-0.15, -0.1) is 0 Å². The molecule has 1 fully saturated rings. The van der Waals surface area contributed by atoms with Crippen LogP contribution in [0.15, 0.2) is 79.1 Å². The number of pyridine rings is 1. The van der Waals surface area contributed by atoms with Crippen LogP contribution in [0, 0.1) is 0 Å². The van der Waals surface area contributed by atoms with Gasteiger partial charge in [0.25, 0.3) is 11.8 Å². The smallest absolute Gasteiger partial charge is 0.262 e. The summed E-state index contributed by atoms with van der Waals surface area (Å²) in [5.74, 6) is -0.999. The predicted molar refractivity (Wildman–Crippen MR) is 123 cm³/mol. The molecule has 2 aromatic carbocycles. The molecule has 5 rings (SSSR count). The molecule has 1 unspecified atom stereocenters. The van der Waals surface area contributed by atoms with Crippen molar-refractivity contribution in [3.8, 4) is 0 Å². The molecule has 2 aliphatic heterocycles. The molecule has 0 radical (unpaired) electrons. The highest BCUT2D eigenvalue weighted by Gasteiger charge is 2.45. The number of carbonyl (C=O) groups is 3. The molecule has 3 amide bonds. The third-order valence-electron chi connectivity index (χ3n) is 6.55. The van der Waals surface area contributed by atoms with Crippen LogP contribution in [-0.2, 0) is 11.2 Å². The van der Waals surface area contributed by atoms with Crippen molar-refractivity contribution in [3.05, 3.63) is 101 Å². The maximum Gasteiger partial charge on any atom is 0.262 e. The van der Waals surface area contributed by atoms with Gasteiger partial charge < -0.3 is 4.90 Å². The Morgan fingerprint density at radius 2 is 1.61 bits per heavy atom. The van der Waals surface area contributed by atoms with Gasteiger partial charge in [0.05, 0.1) is 17.2 Å². The summed E-state index contributed by atoms with van der Waals surface area (Å²) < 4.78 is 0. The Labute approximate surface area is 192 Å². The minimum atomic E-state index is -0.905. The average molecular weight is 440 g/mol. The van der Waals surface area contributed by atoms with E-state index in [9.17, 15) is 14.4 Å². The number of hydrogen-bond acceptors (Lipinski definition) is 4. The van der Waals surface area contributed by atoms with Crippen LogP contribution in [-0.4, -0.2) is 45.1 Å². The second kappa shape index (κ2) is 8.98. The van der Waals surface area contributed by atoms with Gasteiger partial charge >= 0.3 is 0 Å². The van der Waals surface area contributed by atoms with Crippen molar-refractivity contribution in [2.75, 3.05) is 6.54 Å². The van der Waals surface area contributed by atoms with E-state index in [1.807, 2.05) is 47.4 Å². The number of imide groups is 1. The monoisotopic (exact) mass is 439 g/mol. The second-order valence-corrected chi connectivity index (χ2v) is 8.56. The Balaban J connectivity index is 1.52. The van der Waals surface area contributed by atoms with Gasteiger partial charge in [-0.25, -0.2) is 0 Å². The molecule has 1 saturated heterocycles. The fourth-order valence-corrected chi connectivity index (χ4v) is 4.92. The summed E-state index contributed by atoms with van der Waals surface area (Å²) in [6.07, 6.45) is 6.53. The molecular weight excluding hydrogens is 414 g/mol. The summed E-state index contributed by atoms with van der Waals surface area (Å²) in [6.45, 7) is 0.590. The van der Waals surface area contributed by atoms with Crippen molar-refractivity contribution in [3.63, 3.8) is 0 Å². The SMILES string of the molecule is O=C([C@H](Cc1ccccc1)N1C(=O)c2ccccc2C1=O)N1CCCCC1c1cccnc1. The van der Waals surface area contributed by atoms with E-state index in [0.29, 0.717) is 17.7 Å². The lowest BCUT2D eigenvalue weighted by atomic mass is 9.94. The molecule has 33 heavy (non-hydrogen) atoms. The van der Waals surface area contributed by atoms with Crippen LogP contribution in [0.1, 0.15) is 57.1 Å².